The van der Waals surface area contributed by atoms with Gasteiger partial charge in [0.2, 0.25) is 0 Å². The smallest absolute Gasteiger partial charge is 0.0660 e. The summed E-state index contributed by atoms with van der Waals surface area (Å²) in [5, 5.41) is 4.15. The fourth-order valence-corrected chi connectivity index (χ4v) is 1.32. The number of hydrogen-bond donors (Lipinski definition) is 1. The molecule has 0 aromatic carbocycles. The Labute approximate surface area is 85.0 Å². The molecule has 4 nitrogen and oxygen atoms in total. The zero-order chi connectivity index (χ0) is 10.6. The largest absolute Gasteiger partial charge is 0.379 e. The monoisotopic (exact) mass is 197 g/mol. The molecule has 1 unspecified atom stereocenters. The Bertz CT molecular complexity index is 283. The maximum Gasteiger partial charge on any atom is 0.0660 e. The third kappa shape index (κ3) is 2.56. The molecule has 0 spiro atoms. The predicted octanol–water partition coefficient (Wildman–Crippen LogP) is 1.15. The molecule has 2 N–H and O–H groups in total. The lowest BCUT2D eigenvalue weighted by Crippen LogP contribution is -2.18. The van der Waals surface area contributed by atoms with Crippen molar-refractivity contribution < 1.29 is 4.74 Å². The number of hydrogen-bond acceptors (Lipinski definition) is 3. The molecule has 0 aliphatic heterocycles. The Morgan fingerprint density at radius 1 is 1.64 bits per heavy atom. The molecule has 1 heterocycles. The molecule has 0 saturated heterocycles. The summed E-state index contributed by atoms with van der Waals surface area (Å²) >= 11 is 0. The summed E-state index contributed by atoms with van der Waals surface area (Å²) < 4.78 is 7.23. The van der Waals surface area contributed by atoms with Crippen molar-refractivity contribution in [1.82, 2.24) is 9.78 Å². The van der Waals surface area contributed by atoms with Crippen LogP contribution in [0, 0.1) is 6.92 Å². The van der Waals surface area contributed by atoms with Crippen molar-refractivity contribution in [2.24, 2.45) is 12.8 Å². The number of rotatable bonds is 5. The Hall–Kier alpha value is -0.870. The van der Waals surface area contributed by atoms with Gasteiger partial charge >= 0.3 is 0 Å². The van der Waals surface area contributed by atoms with Gasteiger partial charge in [-0.1, -0.05) is 6.92 Å². The lowest BCUT2D eigenvalue weighted by atomic mass is 10.1. The van der Waals surface area contributed by atoms with Crippen LogP contribution in [0.3, 0.4) is 0 Å². The van der Waals surface area contributed by atoms with Crippen LogP contribution in [0.25, 0.3) is 0 Å². The molecule has 0 aliphatic carbocycles. The Morgan fingerprint density at radius 3 is 2.86 bits per heavy atom. The number of ether oxygens (including phenoxy) is 1. The summed E-state index contributed by atoms with van der Waals surface area (Å²) in [5.41, 5.74) is 8.15. The molecular weight excluding hydrogens is 178 g/mol. The zero-order valence-electron chi connectivity index (χ0n) is 9.16. The molecule has 1 atom stereocenters. The van der Waals surface area contributed by atoms with Crippen LogP contribution in [0.4, 0.5) is 0 Å². The van der Waals surface area contributed by atoms with Crippen molar-refractivity contribution in [3.8, 4) is 0 Å². The second-order valence-electron chi connectivity index (χ2n) is 3.49. The Kier molecular flexibility index (Phi) is 4.10. The van der Waals surface area contributed by atoms with Gasteiger partial charge in [-0.25, -0.2) is 0 Å². The first-order valence-corrected chi connectivity index (χ1v) is 4.98. The van der Waals surface area contributed by atoms with Crippen LogP contribution in [0.1, 0.15) is 30.6 Å². The predicted molar refractivity (Wildman–Crippen MR) is 56.0 cm³/mol. The molecule has 0 radical (unpaired) electrons. The molecule has 0 aliphatic rings. The number of aromatic nitrogens is 2. The van der Waals surface area contributed by atoms with Gasteiger partial charge < -0.3 is 10.5 Å². The highest BCUT2D eigenvalue weighted by Crippen LogP contribution is 2.14. The van der Waals surface area contributed by atoms with Gasteiger partial charge in [0.15, 0.2) is 0 Å². The summed E-state index contributed by atoms with van der Waals surface area (Å²) in [4.78, 5) is 0. The van der Waals surface area contributed by atoms with Crippen LogP contribution in [-0.2, 0) is 11.8 Å². The van der Waals surface area contributed by atoms with Crippen LogP contribution in [0.2, 0.25) is 0 Å². The first-order chi connectivity index (χ1) is 6.66. The van der Waals surface area contributed by atoms with Gasteiger partial charge in [-0.05, 0) is 13.3 Å². The van der Waals surface area contributed by atoms with Crippen molar-refractivity contribution in [2.75, 3.05) is 13.2 Å². The van der Waals surface area contributed by atoms with Gasteiger partial charge in [0.25, 0.3) is 0 Å². The molecular formula is C10H19N3O. The van der Waals surface area contributed by atoms with E-state index in [2.05, 4.69) is 12.0 Å². The molecule has 0 saturated carbocycles. The minimum Gasteiger partial charge on any atom is -0.379 e. The fraction of sp³-hybridized carbons (Fsp3) is 0.700. The lowest BCUT2D eigenvalue weighted by molar-refractivity contribution is 0.121. The van der Waals surface area contributed by atoms with Crippen LogP contribution in [0.5, 0.6) is 0 Å². The van der Waals surface area contributed by atoms with Crippen LogP contribution < -0.4 is 5.73 Å². The highest BCUT2D eigenvalue weighted by atomic mass is 16.5. The number of nitrogens with two attached hydrogens (primary N) is 1. The van der Waals surface area contributed by atoms with E-state index in [1.54, 1.807) is 0 Å². The lowest BCUT2D eigenvalue weighted by Gasteiger charge is -2.11. The van der Waals surface area contributed by atoms with Gasteiger partial charge in [0.05, 0.1) is 18.8 Å². The van der Waals surface area contributed by atoms with E-state index < -0.39 is 0 Å². The average molecular weight is 197 g/mol. The topological polar surface area (TPSA) is 53.1 Å². The highest BCUT2D eigenvalue weighted by molar-refractivity contribution is 5.19. The van der Waals surface area contributed by atoms with Crippen LogP contribution >= 0.6 is 0 Å². The van der Waals surface area contributed by atoms with E-state index in [0.29, 0.717) is 6.61 Å². The van der Waals surface area contributed by atoms with E-state index >= 15 is 0 Å². The Morgan fingerprint density at radius 2 is 2.36 bits per heavy atom. The summed E-state index contributed by atoms with van der Waals surface area (Å²) in [7, 11) is 1.92. The maximum atomic E-state index is 5.97. The van der Waals surface area contributed by atoms with Crippen molar-refractivity contribution in [3.63, 3.8) is 0 Å². The molecule has 1 aromatic heterocycles. The van der Waals surface area contributed by atoms with E-state index in [1.807, 2.05) is 24.9 Å². The third-order valence-electron chi connectivity index (χ3n) is 2.32. The fourth-order valence-electron chi connectivity index (χ4n) is 1.32. The summed E-state index contributed by atoms with van der Waals surface area (Å²) in [6.45, 7) is 5.44. The van der Waals surface area contributed by atoms with E-state index in [1.165, 1.54) is 0 Å². The van der Waals surface area contributed by atoms with Crippen LogP contribution in [0.15, 0.2) is 6.20 Å². The average Bonchev–Trinajstić information content (AvgIpc) is 2.48. The van der Waals surface area contributed by atoms with Crippen LogP contribution in [-0.4, -0.2) is 23.0 Å². The SMILES string of the molecule is CCCOCC(N)c1cnn(C)c1C. The summed E-state index contributed by atoms with van der Waals surface area (Å²) in [6, 6.07) is -0.0600. The van der Waals surface area contributed by atoms with Gasteiger partial charge in [-0.3, -0.25) is 4.68 Å². The van der Waals surface area contributed by atoms with E-state index in [0.717, 1.165) is 24.3 Å². The highest BCUT2D eigenvalue weighted by Gasteiger charge is 2.11. The van der Waals surface area contributed by atoms with Gasteiger partial charge in [-0.15, -0.1) is 0 Å². The van der Waals surface area contributed by atoms with Gasteiger partial charge in [0.1, 0.15) is 0 Å². The Balaban J connectivity index is 2.52. The third-order valence-corrected chi connectivity index (χ3v) is 2.32. The molecule has 0 bridgehead atoms. The molecule has 0 fully saturated rings. The standard InChI is InChI=1S/C10H19N3O/c1-4-5-14-7-10(11)9-6-12-13(3)8(9)2/h6,10H,4-5,7,11H2,1-3H3. The molecule has 0 amide bonds. The van der Waals surface area contributed by atoms with Crippen molar-refractivity contribution >= 4 is 0 Å². The molecule has 1 rings (SSSR count). The molecule has 4 heteroatoms. The van der Waals surface area contributed by atoms with Gasteiger partial charge in [0, 0.05) is 24.9 Å². The normalized spacial score (nSPS) is 13.1. The molecule has 14 heavy (non-hydrogen) atoms. The first-order valence-electron chi connectivity index (χ1n) is 4.98. The van der Waals surface area contributed by atoms with Gasteiger partial charge in [-0.2, -0.15) is 5.10 Å². The minimum atomic E-state index is -0.0600. The van der Waals surface area contributed by atoms with E-state index in [4.69, 9.17) is 10.5 Å². The second-order valence-corrected chi connectivity index (χ2v) is 3.49. The number of nitrogens with zero attached hydrogens (tertiary/aromatic N) is 2. The summed E-state index contributed by atoms with van der Waals surface area (Å²) in [6.07, 6.45) is 2.84. The minimum absolute atomic E-state index is 0.0600. The van der Waals surface area contributed by atoms with Crippen molar-refractivity contribution in [2.45, 2.75) is 26.3 Å². The maximum absolute atomic E-state index is 5.97. The zero-order valence-corrected chi connectivity index (χ0v) is 9.16. The van der Waals surface area contributed by atoms with Crippen molar-refractivity contribution in [3.05, 3.63) is 17.5 Å². The van der Waals surface area contributed by atoms with Crippen molar-refractivity contribution in [1.29, 1.82) is 0 Å². The summed E-state index contributed by atoms with van der Waals surface area (Å²) in [5.74, 6) is 0. The first kappa shape index (κ1) is 11.2. The second kappa shape index (κ2) is 5.12. The van der Waals surface area contributed by atoms with E-state index in [9.17, 15) is 0 Å². The van der Waals surface area contributed by atoms with E-state index in [-0.39, 0.29) is 6.04 Å². The quantitative estimate of drug-likeness (QED) is 0.720. The molecule has 80 valence electrons. The number of aryl methyl sites for hydroxylation is 1. The molecule has 1 aromatic rings.